The molecule has 0 aromatic heterocycles. The van der Waals surface area contributed by atoms with Crippen molar-refractivity contribution in [1.29, 1.82) is 0 Å². The minimum absolute atomic E-state index is 0.327. The Balaban J connectivity index is 3.37. The molecule has 1 aromatic rings. The van der Waals surface area contributed by atoms with Crippen LogP contribution in [-0.2, 0) is 0 Å². The summed E-state index contributed by atoms with van der Waals surface area (Å²) in [5, 5.41) is 9.89. The van der Waals surface area contributed by atoms with Crippen LogP contribution in [0.5, 0.6) is 5.75 Å². The number of hydrogen-bond donors (Lipinski definition) is 1. The van der Waals surface area contributed by atoms with E-state index in [4.69, 9.17) is 4.74 Å². The van der Waals surface area contributed by atoms with Crippen molar-refractivity contribution in [1.82, 2.24) is 0 Å². The molecule has 1 rings (SSSR count). The van der Waals surface area contributed by atoms with Crippen molar-refractivity contribution in [2.75, 3.05) is 0 Å². The quantitative estimate of drug-likeness (QED) is 0.342. The molecule has 0 saturated heterocycles. The maximum Gasteiger partial charge on any atom is 0.460 e. The molecule has 0 amide bonds. The molecule has 0 aliphatic rings. The molecular formula is C18H17F13O2. The fourth-order valence-corrected chi connectivity index (χ4v) is 2.45. The highest BCUT2D eigenvalue weighted by molar-refractivity contribution is 5.35. The van der Waals surface area contributed by atoms with Gasteiger partial charge in [0.1, 0.15) is 5.75 Å². The van der Waals surface area contributed by atoms with Crippen molar-refractivity contribution >= 4 is 0 Å². The first-order chi connectivity index (χ1) is 14.6. The number of benzene rings is 1. The van der Waals surface area contributed by atoms with Gasteiger partial charge in [-0.1, -0.05) is 25.1 Å². The van der Waals surface area contributed by atoms with Crippen molar-refractivity contribution in [2.45, 2.75) is 74.7 Å². The Hall–Kier alpha value is -1.93. The summed E-state index contributed by atoms with van der Waals surface area (Å²) in [6.45, 7) is 3.08. The Morgan fingerprint density at radius 3 is 1.67 bits per heavy atom. The Morgan fingerprint density at radius 2 is 1.21 bits per heavy atom. The van der Waals surface area contributed by atoms with Crippen LogP contribution in [0, 0.1) is 0 Å². The second-order valence-corrected chi connectivity index (χ2v) is 7.09. The number of alkyl halides is 13. The van der Waals surface area contributed by atoms with E-state index in [2.05, 4.69) is 0 Å². The van der Waals surface area contributed by atoms with Gasteiger partial charge in [-0.25, -0.2) is 0 Å². The van der Waals surface area contributed by atoms with Gasteiger partial charge in [-0.3, -0.25) is 0 Å². The second kappa shape index (κ2) is 9.02. The monoisotopic (exact) mass is 512 g/mol. The Morgan fingerprint density at radius 1 is 0.758 bits per heavy atom. The summed E-state index contributed by atoms with van der Waals surface area (Å²) in [7, 11) is 0. The molecule has 192 valence electrons. The molecule has 2 atom stereocenters. The van der Waals surface area contributed by atoms with Crippen LogP contribution in [-0.4, -0.2) is 47.0 Å². The molecule has 1 aromatic carbocycles. The lowest BCUT2D eigenvalue weighted by molar-refractivity contribution is -0.440. The minimum Gasteiger partial charge on any atom is -0.490 e. The number of hydrogen-bond acceptors (Lipinski definition) is 2. The Labute approximate surface area is 178 Å². The fourth-order valence-electron chi connectivity index (χ4n) is 2.45. The van der Waals surface area contributed by atoms with Crippen molar-refractivity contribution < 1.29 is 66.9 Å². The summed E-state index contributed by atoms with van der Waals surface area (Å²) in [6, 6.07) is 4.22. The van der Waals surface area contributed by atoms with E-state index in [0.29, 0.717) is 6.42 Å². The molecule has 0 fully saturated rings. The van der Waals surface area contributed by atoms with Gasteiger partial charge in [0.2, 0.25) is 0 Å². The predicted octanol–water partition coefficient (Wildman–Crippen LogP) is 7.03. The van der Waals surface area contributed by atoms with Gasteiger partial charge in [-0.15, -0.1) is 0 Å². The van der Waals surface area contributed by atoms with Gasteiger partial charge in [-0.05, 0) is 19.4 Å². The molecule has 0 aliphatic heterocycles. The normalized spacial score (nSPS) is 16.5. The molecule has 1 N–H and O–H groups in total. The molecule has 2 nitrogen and oxygen atoms in total. The van der Waals surface area contributed by atoms with E-state index in [1.54, 1.807) is 6.92 Å². The fraction of sp³-hybridized carbons (Fsp3) is 0.667. The summed E-state index contributed by atoms with van der Waals surface area (Å²) < 4.78 is 177. The molecule has 15 heteroatoms. The van der Waals surface area contributed by atoms with E-state index >= 15 is 0 Å². The van der Waals surface area contributed by atoms with Gasteiger partial charge in [-0.2, -0.15) is 57.1 Å². The minimum atomic E-state index is -7.98. The SMILES string of the molecule is CCC(C)Oc1ccccc1C(O)CC(F)(F)C(F)(F)C(F)(F)C(F)(F)C(F)(F)C(F)(F)F. The second-order valence-electron chi connectivity index (χ2n) is 7.09. The van der Waals surface area contributed by atoms with Crippen molar-refractivity contribution in [3.8, 4) is 5.75 Å². The molecule has 0 heterocycles. The standard InChI is InChI=1S/C18H17F13O2/c1-3-9(2)33-12-7-5-4-6-10(12)11(32)8-13(19,20)14(21,22)15(23,24)16(25,26)17(27,28)18(29,30)31/h4-7,9,11,32H,3,8H2,1-2H3. The van der Waals surface area contributed by atoms with E-state index in [9.17, 15) is 62.2 Å². The number of aliphatic hydroxyl groups excluding tert-OH is 1. The largest absolute Gasteiger partial charge is 0.490 e. The third-order valence-corrected chi connectivity index (χ3v) is 4.63. The number of rotatable bonds is 10. The van der Waals surface area contributed by atoms with Crippen molar-refractivity contribution in [2.24, 2.45) is 0 Å². The van der Waals surface area contributed by atoms with Crippen LogP contribution in [0.25, 0.3) is 0 Å². The lowest BCUT2D eigenvalue weighted by atomic mass is 9.90. The third kappa shape index (κ3) is 4.97. The van der Waals surface area contributed by atoms with Crippen LogP contribution >= 0.6 is 0 Å². The zero-order chi connectivity index (χ0) is 26.3. The van der Waals surface area contributed by atoms with Gasteiger partial charge in [0.05, 0.1) is 12.2 Å². The van der Waals surface area contributed by atoms with Crippen LogP contribution in [0.1, 0.15) is 38.4 Å². The highest BCUT2D eigenvalue weighted by Gasteiger charge is 2.90. The van der Waals surface area contributed by atoms with Gasteiger partial charge >= 0.3 is 35.8 Å². The van der Waals surface area contributed by atoms with E-state index in [1.807, 2.05) is 0 Å². The molecule has 0 saturated carbocycles. The number of ether oxygens (including phenoxy) is 1. The average Bonchev–Trinajstić information content (AvgIpc) is 2.66. The van der Waals surface area contributed by atoms with E-state index < -0.39 is 60.0 Å². The van der Waals surface area contributed by atoms with E-state index in [-0.39, 0.29) is 5.75 Å². The van der Waals surface area contributed by atoms with Crippen LogP contribution in [0.15, 0.2) is 24.3 Å². The summed E-state index contributed by atoms with van der Waals surface area (Å²) in [6.07, 6.45) is -13.3. The highest BCUT2D eigenvalue weighted by atomic mass is 19.4. The summed E-state index contributed by atoms with van der Waals surface area (Å²) >= 11 is 0. The summed E-state index contributed by atoms with van der Waals surface area (Å²) in [4.78, 5) is 0. The molecular weight excluding hydrogens is 495 g/mol. The third-order valence-electron chi connectivity index (χ3n) is 4.63. The van der Waals surface area contributed by atoms with E-state index in [0.717, 1.165) is 18.2 Å². The molecule has 0 aliphatic carbocycles. The van der Waals surface area contributed by atoms with Gasteiger partial charge in [0.15, 0.2) is 0 Å². The molecule has 33 heavy (non-hydrogen) atoms. The lowest BCUT2D eigenvalue weighted by Crippen LogP contribution is -2.70. The molecule has 2 unspecified atom stereocenters. The maximum atomic E-state index is 14.0. The highest BCUT2D eigenvalue weighted by Crippen LogP contribution is 2.61. The smallest absolute Gasteiger partial charge is 0.460 e. The average molecular weight is 512 g/mol. The summed E-state index contributed by atoms with van der Waals surface area (Å²) in [5.41, 5.74) is -0.677. The topological polar surface area (TPSA) is 29.5 Å². The first kappa shape index (κ1) is 29.1. The Bertz CT molecular complexity index is 805. The predicted molar refractivity (Wildman–Crippen MR) is 87.2 cm³/mol. The maximum absolute atomic E-state index is 14.0. The van der Waals surface area contributed by atoms with Gasteiger partial charge < -0.3 is 9.84 Å². The van der Waals surface area contributed by atoms with Crippen molar-refractivity contribution in [3.05, 3.63) is 29.8 Å². The van der Waals surface area contributed by atoms with E-state index in [1.165, 1.54) is 13.0 Å². The number of para-hydroxylation sites is 1. The zero-order valence-electron chi connectivity index (χ0n) is 16.6. The lowest BCUT2D eigenvalue weighted by Gasteiger charge is -2.40. The molecule has 0 radical (unpaired) electrons. The Kier molecular flexibility index (Phi) is 7.96. The van der Waals surface area contributed by atoms with Crippen LogP contribution in [0.4, 0.5) is 57.1 Å². The van der Waals surface area contributed by atoms with Crippen molar-refractivity contribution in [3.63, 3.8) is 0 Å². The van der Waals surface area contributed by atoms with Gasteiger partial charge in [0.25, 0.3) is 0 Å². The summed E-state index contributed by atoms with van der Waals surface area (Å²) in [5.74, 6) is -37.9. The first-order valence-electron chi connectivity index (χ1n) is 8.98. The molecule has 0 spiro atoms. The first-order valence-corrected chi connectivity index (χ1v) is 8.98. The zero-order valence-corrected chi connectivity index (χ0v) is 16.6. The van der Waals surface area contributed by atoms with Gasteiger partial charge in [0, 0.05) is 12.0 Å². The van der Waals surface area contributed by atoms with Crippen LogP contribution in [0.2, 0.25) is 0 Å². The van der Waals surface area contributed by atoms with Crippen LogP contribution in [0.3, 0.4) is 0 Å². The van der Waals surface area contributed by atoms with Crippen LogP contribution < -0.4 is 4.74 Å². The number of aliphatic hydroxyl groups is 1. The molecule has 0 bridgehead atoms. The number of halogens is 13.